The number of carbonyl (C=O) groups is 2. The summed E-state index contributed by atoms with van der Waals surface area (Å²) in [6.45, 7) is 0. The molecule has 1 aromatic carbocycles. The molecule has 1 N–H and O–H groups in total. The minimum absolute atomic E-state index is 0.0917. The number of rotatable bonds is 1. The van der Waals surface area contributed by atoms with E-state index in [9.17, 15) is 9.59 Å². The first-order valence-electron chi connectivity index (χ1n) is 5.75. The van der Waals surface area contributed by atoms with Gasteiger partial charge in [0.05, 0.1) is 0 Å². The molecule has 4 amide bonds. The monoisotopic (exact) mass is 246 g/mol. The predicted octanol–water partition coefficient (Wildman–Crippen LogP) is 0.866. The lowest BCUT2D eigenvalue weighted by atomic mass is 10.2. The minimum atomic E-state index is -0.296. The Hall–Kier alpha value is -2.24. The Morgan fingerprint density at radius 1 is 1.06 bits per heavy atom. The van der Waals surface area contributed by atoms with Crippen LogP contribution in [0.2, 0.25) is 0 Å². The zero-order chi connectivity index (χ0) is 12.9. The first kappa shape index (κ1) is 10.9. The van der Waals surface area contributed by atoms with Gasteiger partial charge < -0.3 is 15.1 Å². The van der Waals surface area contributed by atoms with Gasteiger partial charge in [-0.15, -0.1) is 0 Å². The number of hydrogen-bond acceptors (Lipinski definition) is 2. The van der Waals surface area contributed by atoms with Gasteiger partial charge in [0, 0.05) is 19.8 Å². The van der Waals surface area contributed by atoms with Crippen molar-refractivity contribution in [1.29, 1.82) is 0 Å². The number of amides is 4. The molecule has 0 aromatic heterocycles. The van der Waals surface area contributed by atoms with Crippen molar-refractivity contribution in [2.75, 3.05) is 19.0 Å². The van der Waals surface area contributed by atoms with Crippen LogP contribution in [0, 0.1) is 0 Å². The van der Waals surface area contributed by atoms with Crippen molar-refractivity contribution >= 4 is 17.7 Å². The van der Waals surface area contributed by atoms with Crippen LogP contribution < -0.4 is 10.2 Å². The Balaban J connectivity index is 2.01. The van der Waals surface area contributed by atoms with E-state index < -0.39 is 0 Å². The summed E-state index contributed by atoms with van der Waals surface area (Å²) in [5.74, 6) is 0. The first-order valence-corrected chi connectivity index (χ1v) is 5.75. The molecule has 2 heterocycles. The summed E-state index contributed by atoms with van der Waals surface area (Å²) in [5.41, 5.74) is 0.789. The molecule has 2 aliphatic rings. The van der Waals surface area contributed by atoms with Gasteiger partial charge in [-0.1, -0.05) is 18.2 Å². The van der Waals surface area contributed by atoms with Gasteiger partial charge >= 0.3 is 12.1 Å². The van der Waals surface area contributed by atoms with Crippen LogP contribution in [0.25, 0.3) is 0 Å². The molecule has 0 bridgehead atoms. The maximum Gasteiger partial charge on any atom is 0.325 e. The highest BCUT2D eigenvalue weighted by Crippen LogP contribution is 2.30. The second-order valence-electron chi connectivity index (χ2n) is 4.52. The van der Waals surface area contributed by atoms with Gasteiger partial charge in [-0.25, -0.2) is 9.59 Å². The van der Waals surface area contributed by atoms with Crippen LogP contribution in [-0.2, 0) is 0 Å². The Labute approximate surface area is 105 Å². The number of fused-ring (bicyclic) bond motifs is 1. The van der Waals surface area contributed by atoms with E-state index in [2.05, 4.69) is 5.32 Å². The van der Waals surface area contributed by atoms with Gasteiger partial charge in [0.25, 0.3) is 0 Å². The summed E-state index contributed by atoms with van der Waals surface area (Å²) in [7, 11) is 3.40. The standard InChI is InChI=1S/C12H14N4O2/c1-14-9-10(15(2)12(14)18)16(11(17)13-9)8-6-4-3-5-7-8/h3-7,9-10H,1-2H3,(H,13,17). The SMILES string of the molecule is CN1C(=O)N(C)C2C1NC(=O)N2c1ccccc1. The van der Waals surface area contributed by atoms with E-state index >= 15 is 0 Å². The molecule has 2 atom stereocenters. The lowest BCUT2D eigenvalue weighted by Gasteiger charge is -2.26. The highest BCUT2D eigenvalue weighted by Gasteiger charge is 2.52. The normalized spacial score (nSPS) is 26.7. The summed E-state index contributed by atoms with van der Waals surface area (Å²) >= 11 is 0. The lowest BCUT2D eigenvalue weighted by Crippen LogP contribution is -2.44. The topological polar surface area (TPSA) is 55.9 Å². The smallest absolute Gasteiger partial charge is 0.313 e. The molecule has 2 fully saturated rings. The molecule has 2 aliphatic heterocycles. The fraction of sp³-hybridized carbons (Fsp3) is 0.333. The molecule has 0 saturated carbocycles. The molecule has 0 spiro atoms. The molecule has 0 radical (unpaired) electrons. The fourth-order valence-corrected chi connectivity index (χ4v) is 2.55. The number of nitrogens with zero attached hydrogens (tertiary/aromatic N) is 3. The van der Waals surface area contributed by atoms with Crippen LogP contribution in [0.15, 0.2) is 30.3 Å². The molecule has 6 nitrogen and oxygen atoms in total. The number of likely N-dealkylation sites (N-methyl/N-ethyl adjacent to an activating group) is 2. The maximum absolute atomic E-state index is 12.0. The van der Waals surface area contributed by atoms with Crippen LogP contribution in [0.1, 0.15) is 0 Å². The Morgan fingerprint density at radius 2 is 1.72 bits per heavy atom. The van der Waals surface area contributed by atoms with Gasteiger partial charge in [0.15, 0.2) is 6.17 Å². The van der Waals surface area contributed by atoms with Crippen molar-refractivity contribution in [3.63, 3.8) is 0 Å². The van der Waals surface area contributed by atoms with Crippen molar-refractivity contribution in [3.8, 4) is 0 Å². The van der Waals surface area contributed by atoms with Gasteiger partial charge in [-0.05, 0) is 12.1 Å². The van der Waals surface area contributed by atoms with Gasteiger partial charge in [-0.2, -0.15) is 0 Å². The van der Waals surface area contributed by atoms with Gasteiger partial charge in [0.1, 0.15) is 6.17 Å². The summed E-state index contributed by atoms with van der Waals surface area (Å²) in [6, 6.07) is 9.09. The van der Waals surface area contributed by atoms with Crippen molar-refractivity contribution in [1.82, 2.24) is 15.1 Å². The van der Waals surface area contributed by atoms with E-state index in [1.54, 1.807) is 28.8 Å². The molecule has 1 aromatic rings. The van der Waals surface area contributed by atoms with Crippen LogP contribution >= 0.6 is 0 Å². The molecule has 94 valence electrons. The number of anilines is 1. The lowest BCUT2D eigenvalue weighted by molar-refractivity contribution is 0.195. The molecule has 6 heteroatoms. The molecule has 18 heavy (non-hydrogen) atoms. The zero-order valence-electron chi connectivity index (χ0n) is 10.2. The molecular formula is C12H14N4O2. The average Bonchev–Trinajstić information content (AvgIpc) is 2.82. The predicted molar refractivity (Wildman–Crippen MR) is 66.0 cm³/mol. The quantitative estimate of drug-likeness (QED) is 0.799. The van der Waals surface area contributed by atoms with E-state index in [4.69, 9.17) is 0 Å². The summed E-state index contributed by atoms with van der Waals surface area (Å²) in [6.07, 6.45) is -0.590. The van der Waals surface area contributed by atoms with E-state index in [1.807, 2.05) is 30.3 Å². The van der Waals surface area contributed by atoms with Crippen LogP contribution in [0.3, 0.4) is 0 Å². The number of benzene rings is 1. The number of hydrogen-bond donors (Lipinski definition) is 1. The number of para-hydroxylation sites is 1. The molecule has 2 unspecified atom stereocenters. The van der Waals surface area contributed by atoms with Crippen LogP contribution in [0.5, 0.6) is 0 Å². The highest BCUT2D eigenvalue weighted by atomic mass is 16.2. The van der Waals surface area contributed by atoms with E-state index in [-0.39, 0.29) is 24.4 Å². The van der Waals surface area contributed by atoms with Crippen LogP contribution in [0.4, 0.5) is 15.3 Å². The highest BCUT2D eigenvalue weighted by molar-refractivity contribution is 5.98. The van der Waals surface area contributed by atoms with E-state index in [0.717, 1.165) is 5.69 Å². The fourth-order valence-electron chi connectivity index (χ4n) is 2.55. The summed E-state index contributed by atoms with van der Waals surface area (Å²) in [5, 5.41) is 2.83. The molecular weight excluding hydrogens is 232 g/mol. The second kappa shape index (κ2) is 3.63. The maximum atomic E-state index is 12.0. The largest absolute Gasteiger partial charge is 0.325 e. The summed E-state index contributed by atoms with van der Waals surface area (Å²) < 4.78 is 0. The van der Waals surface area contributed by atoms with Crippen molar-refractivity contribution < 1.29 is 9.59 Å². The van der Waals surface area contributed by atoms with Crippen molar-refractivity contribution in [2.45, 2.75) is 12.3 Å². The van der Waals surface area contributed by atoms with E-state index in [0.29, 0.717) is 0 Å². The third-order valence-electron chi connectivity index (χ3n) is 3.49. The first-order chi connectivity index (χ1) is 8.61. The number of urea groups is 2. The third kappa shape index (κ3) is 1.28. The Kier molecular flexibility index (Phi) is 2.19. The summed E-state index contributed by atoms with van der Waals surface area (Å²) in [4.78, 5) is 28.7. The Morgan fingerprint density at radius 3 is 2.39 bits per heavy atom. The molecule has 2 saturated heterocycles. The average molecular weight is 246 g/mol. The van der Waals surface area contributed by atoms with Crippen molar-refractivity contribution in [3.05, 3.63) is 30.3 Å². The second-order valence-corrected chi connectivity index (χ2v) is 4.52. The number of carbonyl (C=O) groups excluding carboxylic acids is 2. The zero-order valence-corrected chi connectivity index (χ0v) is 10.2. The minimum Gasteiger partial charge on any atom is -0.313 e. The molecule has 0 aliphatic carbocycles. The van der Waals surface area contributed by atoms with E-state index in [1.165, 1.54) is 0 Å². The molecule has 3 rings (SSSR count). The number of nitrogens with one attached hydrogen (secondary N) is 1. The van der Waals surface area contributed by atoms with Crippen molar-refractivity contribution in [2.24, 2.45) is 0 Å². The van der Waals surface area contributed by atoms with Gasteiger partial charge in [0.2, 0.25) is 0 Å². The Bertz CT molecular complexity index is 504. The third-order valence-corrected chi connectivity index (χ3v) is 3.49. The van der Waals surface area contributed by atoms with Crippen LogP contribution in [-0.4, -0.2) is 48.3 Å². The van der Waals surface area contributed by atoms with Gasteiger partial charge in [-0.3, -0.25) is 4.90 Å².